The number of hydrogen-bond acceptors (Lipinski definition) is 5. The molecule has 8 heteroatoms. The lowest BCUT2D eigenvalue weighted by atomic mass is 10.1. The van der Waals surface area contributed by atoms with E-state index in [4.69, 9.17) is 10.5 Å². The van der Waals surface area contributed by atoms with Crippen molar-refractivity contribution in [1.29, 1.82) is 0 Å². The Labute approximate surface area is 169 Å². The summed E-state index contributed by atoms with van der Waals surface area (Å²) >= 11 is 3.20. The van der Waals surface area contributed by atoms with E-state index in [0.717, 1.165) is 37.1 Å². The molecule has 3 aromatic rings. The molecule has 1 amide bonds. The third-order valence-corrected chi connectivity index (χ3v) is 5.38. The molecular formula is C20H18BrFN4O2. The van der Waals surface area contributed by atoms with Gasteiger partial charge in [0.25, 0.3) is 5.91 Å². The quantitative estimate of drug-likeness (QED) is 0.663. The first-order chi connectivity index (χ1) is 13.5. The summed E-state index contributed by atoms with van der Waals surface area (Å²) in [5.74, 6) is 0.516. The molecule has 1 fully saturated rings. The number of rotatable bonds is 4. The second kappa shape index (κ2) is 7.71. The first kappa shape index (κ1) is 18.6. The highest BCUT2D eigenvalue weighted by molar-refractivity contribution is 9.10. The fourth-order valence-electron chi connectivity index (χ4n) is 3.30. The van der Waals surface area contributed by atoms with Crippen LogP contribution in [0.1, 0.15) is 23.3 Å². The van der Waals surface area contributed by atoms with Gasteiger partial charge in [-0.3, -0.25) is 9.78 Å². The van der Waals surface area contributed by atoms with Crippen LogP contribution in [0.4, 0.5) is 10.2 Å². The van der Waals surface area contributed by atoms with Crippen LogP contribution in [0.25, 0.3) is 10.9 Å². The van der Waals surface area contributed by atoms with Crippen LogP contribution in [0.2, 0.25) is 0 Å². The Kier molecular flexibility index (Phi) is 5.13. The smallest absolute Gasteiger partial charge is 0.267 e. The van der Waals surface area contributed by atoms with Gasteiger partial charge in [0, 0.05) is 49.6 Å². The zero-order chi connectivity index (χ0) is 19.7. The highest BCUT2D eigenvalue weighted by Crippen LogP contribution is 2.27. The van der Waals surface area contributed by atoms with Crippen molar-refractivity contribution in [3.8, 4) is 5.75 Å². The van der Waals surface area contributed by atoms with Crippen molar-refractivity contribution < 1.29 is 13.9 Å². The number of pyridine rings is 2. The molecule has 2 aromatic heterocycles. The van der Waals surface area contributed by atoms with Gasteiger partial charge in [-0.25, -0.2) is 9.37 Å². The van der Waals surface area contributed by atoms with Gasteiger partial charge in [0.15, 0.2) is 0 Å². The molecular weight excluding hydrogens is 427 g/mol. The van der Waals surface area contributed by atoms with Gasteiger partial charge < -0.3 is 15.4 Å². The van der Waals surface area contributed by atoms with E-state index in [2.05, 4.69) is 30.8 Å². The molecule has 3 heterocycles. The Morgan fingerprint density at radius 2 is 2.00 bits per heavy atom. The monoisotopic (exact) mass is 444 g/mol. The number of nitrogens with zero attached hydrogens (tertiary/aromatic N) is 3. The summed E-state index contributed by atoms with van der Waals surface area (Å²) in [6, 6.07) is 10.4. The number of ether oxygens (including phenoxy) is 1. The summed E-state index contributed by atoms with van der Waals surface area (Å²) in [6.07, 6.45) is 3.17. The lowest BCUT2D eigenvalue weighted by Gasteiger charge is -2.33. The molecule has 1 aromatic carbocycles. The van der Waals surface area contributed by atoms with E-state index in [1.807, 2.05) is 12.1 Å². The third kappa shape index (κ3) is 3.91. The van der Waals surface area contributed by atoms with Crippen LogP contribution in [-0.2, 0) is 0 Å². The highest BCUT2D eigenvalue weighted by Gasteiger charge is 2.22. The fourth-order valence-corrected chi connectivity index (χ4v) is 3.66. The van der Waals surface area contributed by atoms with Crippen molar-refractivity contribution >= 4 is 38.6 Å². The molecule has 28 heavy (non-hydrogen) atoms. The lowest BCUT2D eigenvalue weighted by Crippen LogP contribution is -2.38. The number of benzene rings is 1. The SMILES string of the molecule is NC(=O)c1cc(OC2CCN(c3ccc4cc(Br)c(F)cc4n3)CC2)ccn1. The van der Waals surface area contributed by atoms with Gasteiger partial charge in [0.1, 0.15) is 29.2 Å². The molecule has 0 spiro atoms. The first-order valence-electron chi connectivity index (χ1n) is 8.93. The number of primary amides is 1. The normalized spacial score (nSPS) is 15.0. The maximum Gasteiger partial charge on any atom is 0.267 e. The van der Waals surface area contributed by atoms with Crippen LogP contribution < -0.4 is 15.4 Å². The standard InChI is InChI=1S/C20H18BrFN4O2/c21-15-9-12-1-2-19(25-17(12)11-16(15)22)26-7-4-13(5-8-26)28-14-3-6-24-18(10-14)20(23)27/h1-3,6,9-11,13H,4-5,7-8H2,(H2,23,27). The zero-order valence-corrected chi connectivity index (χ0v) is 16.5. The number of fused-ring (bicyclic) bond motifs is 1. The molecule has 1 aliphatic rings. The predicted octanol–water partition coefficient (Wildman–Crippen LogP) is 3.68. The minimum Gasteiger partial charge on any atom is -0.490 e. The Morgan fingerprint density at radius 1 is 1.21 bits per heavy atom. The maximum atomic E-state index is 13.8. The van der Waals surface area contributed by atoms with Crippen LogP contribution in [0.15, 0.2) is 47.1 Å². The third-order valence-electron chi connectivity index (χ3n) is 4.77. The first-order valence-corrected chi connectivity index (χ1v) is 9.72. The number of hydrogen-bond donors (Lipinski definition) is 1. The Hall–Kier alpha value is -2.74. The van der Waals surface area contributed by atoms with Crippen molar-refractivity contribution in [2.45, 2.75) is 18.9 Å². The molecule has 4 rings (SSSR count). The van der Waals surface area contributed by atoms with Gasteiger partial charge in [-0.2, -0.15) is 0 Å². The second-order valence-electron chi connectivity index (χ2n) is 6.67. The van der Waals surface area contributed by atoms with Crippen LogP contribution in [0, 0.1) is 5.82 Å². The largest absolute Gasteiger partial charge is 0.490 e. The highest BCUT2D eigenvalue weighted by atomic mass is 79.9. The molecule has 0 atom stereocenters. The van der Waals surface area contributed by atoms with Crippen molar-refractivity contribution in [2.75, 3.05) is 18.0 Å². The summed E-state index contributed by atoms with van der Waals surface area (Å²) in [7, 11) is 0. The lowest BCUT2D eigenvalue weighted by molar-refractivity contribution is 0.0994. The molecule has 1 aliphatic heterocycles. The van der Waals surface area contributed by atoms with Gasteiger partial charge in [0.2, 0.25) is 0 Å². The van der Waals surface area contributed by atoms with Crippen molar-refractivity contribution in [2.24, 2.45) is 5.73 Å². The maximum absolute atomic E-state index is 13.8. The number of amides is 1. The summed E-state index contributed by atoms with van der Waals surface area (Å²) in [6.45, 7) is 1.55. The molecule has 2 N–H and O–H groups in total. The number of anilines is 1. The predicted molar refractivity (Wildman–Crippen MR) is 108 cm³/mol. The summed E-state index contributed by atoms with van der Waals surface area (Å²) in [5, 5.41) is 0.887. The van der Waals surface area contributed by atoms with Gasteiger partial charge in [-0.05, 0) is 40.2 Å². The van der Waals surface area contributed by atoms with E-state index >= 15 is 0 Å². The van der Waals surface area contributed by atoms with E-state index in [1.54, 1.807) is 18.2 Å². The van der Waals surface area contributed by atoms with E-state index in [1.165, 1.54) is 12.3 Å². The van der Waals surface area contributed by atoms with E-state index in [0.29, 0.717) is 15.7 Å². The summed E-state index contributed by atoms with van der Waals surface area (Å²) in [5.41, 5.74) is 6.08. The number of piperidine rings is 1. The van der Waals surface area contributed by atoms with Gasteiger partial charge in [0.05, 0.1) is 9.99 Å². The molecule has 0 bridgehead atoms. The molecule has 0 aliphatic carbocycles. The average Bonchev–Trinajstić information content (AvgIpc) is 2.69. The van der Waals surface area contributed by atoms with Crippen LogP contribution >= 0.6 is 15.9 Å². The molecule has 0 unspecified atom stereocenters. The van der Waals surface area contributed by atoms with Crippen molar-refractivity contribution in [3.63, 3.8) is 0 Å². The van der Waals surface area contributed by atoms with Gasteiger partial charge in [-0.1, -0.05) is 0 Å². The van der Waals surface area contributed by atoms with Crippen molar-refractivity contribution in [1.82, 2.24) is 9.97 Å². The van der Waals surface area contributed by atoms with E-state index < -0.39 is 5.91 Å². The molecule has 0 radical (unpaired) electrons. The number of halogens is 2. The summed E-state index contributed by atoms with van der Waals surface area (Å²) < 4.78 is 20.2. The Morgan fingerprint density at radius 3 is 2.75 bits per heavy atom. The average molecular weight is 445 g/mol. The molecule has 144 valence electrons. The Bertz CT molecular complexity index is 1040. The zero-order valence-electron chi connectivity index (χ0n) is 14.9. The van der Waals surface area contributed by atoms with E-state index in [-0.39, 0.29) is 17.6 Å². The number of aromatic nitrogens is 2. The molecule has 6 nitrogen and oxygen atoms in total. The minimum atomic E-state index is -0.578. The van der Waals surface area contributed by atoms with Crippen LogP contribution in [-0.4, -0.2) is 35.1 Å². The van der Waals surface area contributed by atoms with Gasteiger partial charge >= 0.3 is 0 Å². The minimum absolute atomic E-state index is 0.0354. The second-order valence-corrected chi connectivity index (χ2v) is 7.53. The van der Waals surface area contributed by atoms with Gasteiger partial charge in [-0.15, -0.1) is 0 Å². The van der Waals surface area contributed by atoms with Crippen molar-refractivity contribution in [3.05, 3.63) is 58.6 Å². The van der Waals surface area contributed by atoms with Crippen LogP contribution in [0.5, 0.6) is 5.75 Å². The van der Waals surface area contributed by atoms with Crippen LogP contribution in [0.3, 0.4) is 0 Å². The Balaban J connectivity index is 1.42. The van der Waals surface area contributed by atoms with E-state index in [9.17, 15) is 9.18 Å². The topological polar surface area (TPSA) is 81.3 Å². The number of carbonyl (C=O) groups excluding carboxylic acids is 1. The summed E-state index contributed by atoms with van der Waals surface area (Å²) in [4.78, 5) is 21.9. The fraction of sp³-hybridized carbons (Fsp3) is 0.250. The molecule has 1 saturated heterocycles. The number of carbonyl (C=O) groups is 1. The number of nitrogens with two attached hydrogens (primary N) is 1. The molecule has 0 saturated carbocycles.